The first-order valence-electron chi connectivity index (χ1n) is 4.15. The summed E-state index contributed by atoms with van der Waals surface area (Å²) >= 11 is 0. The van der Waals surface area contributed by atoms with Crippen molar-refractivity contribution >= 4 is 5.78 Å². The number of Topliss-reactive ketones (excluding diaryl/α,β-unsaturated/α-hetero) is 1. The lowest BCUT2D eigenvalue weighted by molar-refractivity contribution is 0.0815. The Labute approximate surface area is 78.2 Å². The Morgan fingerprint density at radius 3 is 2.23 bits per heavy atom. The van der Waals surface area contributed by atoms with Gasteiger partial charge in [0.2, 0.25) is 0 Å². The van der Waals surface area contributed by atoms with Gasteiger partial charge in [-0.25, -0.2) is 0 Å². The van der Waals surface area contributed by atoms with E-state index in [4.69, 9.17) is 5.11 Å². The van der Waals surface area contributed by atoms with Crippen molar-refractivity contribution in [2.24, 2.45) is 0 Å². The molecule has 0 saturated heterocycles. The molecule has 1 atom stereocenters. The largest absolute Gasteiger partial charge is 0.385 e. The molecule has 1 rings (SSSR count). The molecule has 13 heavy (non-hydrogen) atoms. The topological polar surface area (TPSA) is 37.3 Å². The van der Waals surface area contributed by atoms with E-state index < -0.39 is 6.10 Å². The van der Waals surface area contributed by atoms with Gasteiger partial charge >= 0.3 is 0 Å². The van der Waals surface area contributed by atoms with Crippen LogP contribution >= 0.6 is 0 Å². The highest BCUT2D eigenvalue weighted by atomic mass is 16.3. The molecule has 0 saturated carbocycles. The number of aryl methyl sites for hydroxylation is 2. The van der Waals surface area contributed by atoms with Crippen molar-refractivity contribution in [2.75, 3.05) is 0 Å². The van der Waals surface area contributed by atoms with Gasteiger partial charge in [-0.1, -0.05) is 18.2 Å². The smallest absolute Gasteiger partial charge is 0.191 e. The molecule has 1 aromatic carbocycles. The molecule has 0 heterocycles. The molecule has 0 aliphatic heterocycles. The molecule has 0 aliphatic rings. The molecule has 2 nitrogen and oxygen atoms in total. The van der Waals surface area contributed by atoms with Gasteiger partial charge in [0.1, 0.15) is 6.10 Å². The SMILES string of the molecule is [CH2]C(O)C(=O)c1c(C)cccc1C. The van der Waals surface area contributed by atoms with Gasteiger partial charge in [-0.2, -0.15) is 0 Å². The average molecular weight is 177 g/mol. The molecule has 0 spiro atoms. The normalized spacial score (nSPS) is 12.6. The average Bonchev–Trinajstić information content (AvgIpc) is 2.03. The van der Waals surface area contributed by atoms with Gasteiger partial charge in [0, 0.05) is 5.56 Å². The Morgan fingerprint density at radius 2 is 1.85 bits per heavy atom. The van der Waals surface area contributed by atoms with E-state index in [1.807, 2.05) is 32.0 Å². The van der Waals surface area contributed by atoms with Crippen LogP contribution in [0.15, 0.2) is 18.2 Å². The summed E-state index contributed by atoms with van der Waals surface area (Å²) in [7, 11) is 0. The predicted molar refractivity (Wildman–Crippen MR) is 51.6 cm³/mol. The fourth-order valence-electron chi connectivity index (χ4n) is 1.37. The lowest BCUT2D eigenvalue weighted by Gasteiger charge is -2.09. The number of carbonyl (C=O) groups excluding carboxylic acids is 1. The molecule has 0 amide bonds. The number of aliphatic hydroxyl groups is 1. The molecular weight excluding hydrogens is 164 g/mol. The van der Waals surface area contributed by atoms with Gasteiger partial charge in [-0.3, -0.25) is 4.79 Å². The van der Waals surface area contributed by atoms with Crippen molar-refractivity contribution in [3.8, 4) is 0 Å². The van der Waals surface area contributed by atoms with Crippen LogP contribution in [0.2, 0.25) is 0 Å². The Balaban J connectivity index is 3.20. The van der Waals surface area contributed by atoms with E-state index in [0.29, 0.717) is 5.56 Å². The van der Waals surface area contributed by atoms with E-state index in [1.54, 1.807) is 0 Å². The summed E-state index contributed by atoms with van der Waals surface area (Å²) in [6.07, 6.45) is -1.17. The highest BCUT2D eigenvalue weighted by Crippen LogP contribution is 2.15. The number of benzene rings is 1. The Hall–Kier alpha value is -1.15. The first kappa shape index (κ1) is 9.93. The molecular formula is C11H13O2. The fraction of sp³-hybridized carbons (Fsp3) is 0.273. The summed E-state index contributed by atoms with van der Waals surface area (Å²) < 4.78 is 0. The summed E-state index contributed by atoms with van der Waals surface area (Å²) in [4.78, 5) is 11.5. The van der Waals surface area contributed by atoms with Crippen LogP contribution in [0.25, 0.3) is 0 Å². The maximum atomic E-state index is 11.5. The van der Waals surface area contributed by atoms with Crippen LogP contribution in [0.3, 0.4) is 0 Å². The highest BCUT2D eigenvalue weighted by molar-refractivity contribution is 6.02. The monoisotopic (exact) mass is 177 g/mol. The lowest BCUT2D eigenvalue weighted by Crippen LogP contribution is -2.18. The summed E-state index contributed by atoms with van der Waals surface area (Å²) in [5.74, 6) is -0.310. The second-order valence-corrected chi connectivity index (χ2v) is 3.15. The number of ketones is 1. The predicted octanol–water partition coefficient (Wildman–Crippen LogP) is 1.68. The summed E-state index contributed by atoms with van der Waals surface area (Å²) in [6.45, 7) is 7.00. The van der Waals surface area contributed by atoms with Crippen LogP contribution in [0.1, 0.15) is 21.5 Å². The summed E-state index contributed by atoms with van der Waals surface area (Å²) in [6, 6.07) is 5.59. The Morgan fingerprint density at radius 1 is 1.38 bits per heavy atom. The van der Waals surface area contributed by atoms with E-state index in [1.165, 1.54) is 0 Å². The number of carbonyl (C=O) groups is 1. The van der Waals surface area contributed by atoms with Crippen LogP contribution in [-0.4, -0.2) is 17.0 Å². The third kappa shape index (κ3) is 1.95. The van der Waals surface area contributed by atoms with Crippen molar-refractivity contribution in [2.45, 2.75) is 20.0 Å². The van der Waals surface area contributed by atoms with E-state index in [-0.39, 0.29) is 5.78 Å². The van der Waals surface area contributed by atoms with Crippen molar-refractivity contribution in [3.05, 3.63) is 41.8 Å². The van der Waals surface area contributed by atoms with E-state index in [0.717, 1.165) is 11.1 Å². The van der Waals surface area contributed by atoms with E-state index in [9.17, 15) is 4.79 Å². The van der Waals surface area contributed by atoms with Crippen molar-refractivity contribution in [3.63, 3.8) is 0 Å². The Bertz CT molecular complexity index is 307. The molecule has 1 aromatic rings. The third-order valence-electron chi connectivity index (χ3n) is 2.03. The van der Waals surface area contributed by atoms with Gasteiger partial charge < -0.3 is 5.11 Å². The van der Waals surface area contributed by atoms with Crippen LogP contribution in [0.5, 0.6) is 0 Å². The van der Waals surface area contributed by atoms with Gasteiger partial charge in [0.15, 0.2) is 5.78 Å². The summed E-state index contributed by atoms with van der Waals surface area (Å²) in [5, 5.41) is 9.06. The minimum absolute atomic E-state index is 0.310. The minimum Gasteiger partial charge on any atom is -0.385 e. The number of hydrogen-bond acceptors (Lipinski definition) is 2. The zero-order chi connectivity index (χ0) is 10.0. The molecule has 1 radical (unpaired) electrons. The van der Waals surface area contributed by atoms with Crippen LogP contribution in [0.4, 0.5) is 0 Å². The number of hydrogen-bond donors (Lipinski definition) is 1. The van der Waals surface area contributed by atoms with Crippen molar-refractivity contribution in [1.82, 2.24) is 0 Å². The van der Waals surface area contributed by atoms with Crippen LogP contribution in [0, 0.1) is 20.8 Å². The fourth-order valence-corrected chi connectivity index (χ4v) is 1.37. The number of rotatable bonds is 2. The quantitative estimate of drug-likeness (QED) is 0.698. The second kappa shape index (κ2) is 3.71. The molecule has 0 bridgehead atoms. The second-order valence-electron chi connectivity index (χ2n) is 3.15. The molecule has 69 valence electrons. The van der Waals surface area contributed by atoms with Gasteiger partial charge in [0.25, 0.3) is 0 Å². The lowest BCUT2D eigenvalue weighted by atomic mass is 9.97. The molecule has 1 unspecified atom stereocenters. The van der Waals surface area contributed by atoms with Crippen molar-refractivity contribution < 1.29 is 9.90 Å². The molecule has 0 aromatic heterocycles. The molecule has 2 heteroatoms. The van der Waals surface area contributed by atoms with E-state index >= 15 is 0 Å². The maximum Gasteiger partial charge on any atom is 0.191 e. The standard InChI is InChI=1S/C11H13O2/c1-7-5-4-6-8(2)10(7)11(13)9(3)12/h4-6,9,12H,3H2,1-2H3. The number of aliphatic hydroxyl groups excluding tert-OH is 1. The summed E-state index contributed by atoms with van der Waals surface area (Å²) in [5.41, 5.74) is 2.35. The minimum atomic E-state index is -1.17. The van der Waals surface area contributed by atoms with E-state index in [2.05, 4.69) is 6.92 Å². The highest BCUT2D eigenvalue weighted by Gasteiger charge is 2.16. The van der Waals surface area contributed by atoms with Crippen LogP contribution < -0.4 is 0 Å². The first-order valence-corrected chi connectivity index (χ1v) is 4.15. The van der Waals surface area contributed by atoms with Crippen LogP contribution in [-0.2, 0) is 0 Å². The zero-order valence-corrected chi connectivity index (χ0v) is 7.87. The third-order valence-corrected chi connectivity index (χ3v) is 2.03. The van der Waals surface area contributed by atoms with Gasteiger partial charge in [-0.05, 0) is 31.9 Å². The molecule has 1 N–H and O–H groups in total. The molecule has 0 aliphatic carbocycles. The Kier molecular flexibility index (Phi) is 2.83. The zero-order valence-electron chi connectivity index (χ0n) is 7.87. The molecule has 0 fully saturated rings. The first-order chi connectivity index (χ1) is 6.04. The van der Waals surface area contributed by atoms with Gasteiger partial charge in [0.05, 0.1) is 0 Å². The van der Waals surface area contributed by atoms with Crippen molar-refractivity contribution in [1.29, 1.82) is 0 Å². The van der Waals surface area contributed by atoms with Gasteiger partial charge in [-0.15, -0.1) is 0 Å². The maximum absolute atomic E-state index is 11.5.